The van der Waals surface area contributed by atoms with Gasteiger partial charge in [-0.15, -0.1) is 0 Å². The summed E-state index contributed by atoms with van der Waals surface area (Å²) < 4.78 is 4.86. The van der Waals surface area contributed by atoms with Gasteiger partial charge in [0.15, 0.2) is 0 Å². The van der Waals surface area contributed by atoms with E-state index in [1.165, 1.54) is 0 Å². The number of carbonyl (C=O) groups is 1. The lowest BCUT2D eigenvalue weighted by molar-refractivity contribution is -0.136. The summed E-state index contributed by atoms with van der Waals surface area (Å²) in [6, 6.07) is 0.379. The fraction of sp³-hybridized carbons (Fsp3) is 0.923. The highest BCUT2D eigenvalue weighted by atomic mass is 16.5. The van der Waals surface area contributed by atoms with Crippen LogP contribution in [0.15, 0.2) is 0 Å². The third-order valence-corrected chi connectivity index (χ3v) is 2.69. The van der Waals surface area contributed by atoms with Crippen molar-refractivity contribution in [2.75, 3.05) is 33.9 Å². The number of rotatable bonds is 8. The van der Waals surface area contributed by atoms with Crippen LogP contribution >= 0.6 is 0 Å². The summed E-state index contributed by atoms with van der Waals surface area (Å²) in [5, 5.41) is 9.60. The van der Waals surface area contributed by atoms with Crippen LogP contribution in [0.5, 0.6) is 0 Å². The molecule has 0 radical (unpaired) electrons. The van der Waals surface area contributed by atoms with Crippen molar-refractivity contribution in [3.05, 3.63) is 0 Å². The van der Waals surface area contributed by atoms with Crippen LogP contribution in [-0.4, -0.2) is 72.9 Å². The fourth-order valence-electron chi connectivity index (χ4n) is 2.15. The molecule has 0 aromatic heterocycles. The SMILES string of the molecule is COCC(O)CN(C)CC(=O)N(C(C)C)C(C)C. The molecule has 0 aliphatic heterocycles. The minimum atomic E-state index is -0.556. The number of ether oxygens (including phenoxy) is 1. The number of hydrogen-bond acceptors (Lipinski definition) is 4. The van der Waals surface area contributed by atoms with Crippen LogP contribution in [0.3, 0.4) is 0 Å². The lowest BCUT2D eigenvalue weighted by Gasteiger charge is -2.32. The molecule has 18 heavy (non-hydrogen) atoms. The number of nitrogens with zero attached hydrogens (tertiary/aromatic N) is 2. The predicted octanol–water partition coefficient (Wildman–Crippen LogP) is 0.571. The summed E-state index contributed by atoms with van der Waals surface area (Å²) in [4.78, 5) is 15.8. The van der Waals surface area contributed by atoms with Crippen LogP contribution in [0.4, 0.5) is 0 Å². The Morgan fingerprint density at radius 1 is 1.22 bits per heavy atom. The second-order valence-electron chi connectivity index (χ2n) is 5.29. The molecular weight excluding hydrogens is 232 g/mol. The minimum Gasteiger partial charge on any atom is -0.389 e. The zero-order valence-corrected chi connectivity index (χ0v) is 12.5. The average molecular weight is 260 g/mol. The quantitative estimate of drug-likeness (QED) is 0.693. The van der Waals surface area contributed by atoms with Gasteiger partial charge in [0.2, 0.25) is 5.91 Å². The highest BCUT2D eigenvalue weighted by Gasteiger charge is 2.21. The Balaban J connectivity index is 4.28. The third-order valence-electron chi connectivity index (χ3n) is 2.69. The number of aliphatic hydroxyl groups excluding tert-OH is 1. The van der Waals surface area contributed by atoms with Gasteiger partial charge in [-0.05, 0) is 34.7 Å². The monoisotopic (exact) mass is 260 g/mol. The first-order valence-corrected chi connectivity index (χ1v) is 6.46. The maximum atomic E-state index is 12.1. The molecule has 1 atom stereocenters. The Morgan fingerprint density at radius 2 is 1.72 bits per heavy atom. The second kappa shape index (κ2) is 8.45. The largest absolute Gasteiger partial charge is 0.389 e. The van der Waals surface area contributed by atoms with Crippen molar-refractivity contribution in [1.82, 2.24) is 9.80 Å². The molecule has 0 fully saturated rings. The van der Waals surface area contributed by atoms with Crippen LogP contribution < -0.4 is 0 Å². The van der Waals surface area contributed by atoms with Crippen molar-refractivity contribution < 1.29 is 14.6 Å². The van der Waals surface area contributed by atoms with Crippen LogP contribution in [0.2, 0.25) is 0 Å². The molecule has 1 unspecified atom stereocenters. The van der Waals surface area contributed by atoms with Crippen LogP contribution in [0.1, 0.15) is 27.7 Å². The Hall–Kier alpha value is -0.650. The van der Waals surface area contributed by atoms with E-state index in [9.17, 15) is 9.90 Å². The molecule has 5 heteroatoms. The first-order chi connectivity index (χ1) is 8.29. The van der Waals surface area contributed by atoms with E-state index in [0.717, 1.165) is 0 Å². The van der Waals surface area contributed by atoms with Crippen molar-refractivity contribution in [3.8, 4) is 0 Å². The van der Waals surface area contributed by atoms with Crippen molar-refractivity contribution in [1.29, 1.82) is 0 Å². The molecule has 0 aliphatic rings. The number of hydrogen-bond donors (Lipinski definition) is 1. The minimum absolute atomic E-state index is 0.0899. The van der Waals surface area contributed by atoms with E-state index in [1.54, 1.807) is 7.11 Å². The zero-order chi connectivity index (χ0) is 14.3. The van der Waals surface area contributed by atoms with Gasteiger partial charge in [0.1, 0.15) is 0 Å². The molecule has 0 spiro atoms. The highest BCUT2D eigenvalue weighted by molar-refractivity contribution is 5.78. The second-order valence-corrected chi connectivity index (χ2v) is 5.29. The summed E-state index contributed by atoms with van der Waals surface area (Å²) in [5.74, 6) is 0.0899. The molecule has 1 N–H and O–H groups in total. The van der Waals surface area contributed by atoms with Crippen molar-refractivity contribution in [2.24, 2.45) is 0 Å². The van der Waals surface area contributed by atoms with E-state index in [0.29, 0.717) is 13.1 Å². The maximum absolute atomic E-state index is 12.1. The summed E-state index contributed by atoms with van der Waals surface area (Å²) in [6.07, 6.45) is -0.556. The number of methoxy groups -OCH3 is 1. The lowest BCUT2D eigenvalue weighted by Crippen LogP contribution is -2.47. The average Bonchev–Trinajstić information content (AvgIpc) is 2.14. The first-order valence-electron chi connectivity index (χ1n) is 6.46. The summed E-state index contributed by atoms with van der Waals surface area (Å²) in [5.41, 5.74) is 0. The molecule has 0 saturated carbocycles. The van der Waals surface area contributed by atoms with Gasteiger partial charge in [0.05, 0.1) is 19.3 Å². The summed E-state index contributed by atoms with van der Waals surface area (Å²) in [6.45, 7) is 9.09. The van der Waals surface area contributed by atoms with E-state index >= 15 is 0 Å². The van der Waals surface area contributed by atoms with Crippen molar-refractivity contribution in [3.63, 3.8) is 0 Å². The van der Waals surface area contributed by atoms with E-state index < -0.39 is 6.10 Å². The molecule has 0 bridgehead atoms. The van der Waals surface area contributed by atoms with Crippen LogP contribution in [0.25, 0.3) is 0 Å². The maximum Gasteiger partial charge on any atom is 0.237 e. The molecule has 0 heterocycles. The van der Waals surface area contributed by atoms with Crippen LogP contribution in [0, 0.1) is 0 Å². The van der Waals surface area contributed by atoms with Gasteiger partial charge in [0, 0.05) is 25.7 Å². The smallest absolute Gasteiger partial charge is 0.237 e. The molecule has 0 saturated heterocycles. The third kappa shape index (κ3) is 6.33. The predicted molar refractivity (Wildman–Crippen MR) is 72.5 cm³/mol. The Morgan fingerprint density at radius 3 is 2.11 bits per heavy atom. The number of amides is 1. The zero-order valence-electron chi connectivity index (χ0n) is 12.5. The van der Waals surface area contributed by atoms with Gasteiger partial charge in [-0.2, -0.15) is 0 Å². The van der Waals surface area contributed by atoms with Crippen molar-refractivity contribution >= 4 is 5.91 Å². The molecule has 0 aliphatic carbocycles. The van der Waals surface area contributed by atoms with Crippen LogP contribution in [-0.2, 0) is 9.53 Å². The Bertz CT molecular complexity index is 236. The molecule has 1 amide bonds. The molecule has 0 aromatic carbocycles. The molecule has 5 nitrogen and oxygen atoms in total. The van der Waals surface area contributed by atoms with Gasteiger partial charge in [-0.1, -0.05) is 0 Å². The summed E-state index contributed by atoms with van der Waals surface area (Å²) in [7, 11) is 3.38. The lowest BCUT2D eigenvalue weighted by atomic mass is 10.2. The van der Waals surface area contributed by atoms with E-state index in [-0.39, 0.29) is 24.6 Å². The molecular formula is C13H28N2O3. The van der Waals surface area contributed by atoms with Gasteiger partial charge >= 0.3 is 0 Å². The highest BCUT2D eigenvalue weighted by Crippen LogP contribution is 2.06. The summed E-state index contributed by atoms with van der Waals surface area (Å²) >= 11 is 0. The van der Waals surface area contributed by atoms with Gasteiger partial charge in [0.25, 0.3) is 0 Å². The molecule has 0 rings (SSSR count). The number of carbonyl (C=O) groups excluding carboxylic acids is 1. The van der Waals surface area contributed by atoms with Gasteiger partial charge in [-0.25, -0.2) is 0 Å². The van der Waals surface area contributed by atoms with Crippen molar-refractivity contribution in [2.45, 2.75) is 45.9 Å². The van der Waals surface area contributed by atoms with E-state index in [4.69, 9.17) is 4.74 Å². The number of likely N-dealkylation sites (N-methyl/N-ethyl adjacent to an activating group) is 1. The van der Waals surface area contributed by atoms with E-state index in [2.05, 4.69) is 0 Å². The van der Waals surface area contributed by atoms with Gasteiger partial charge < -0.3 is 14.7 Å². The Kier molecular flexibility index (Phi) is 8.15. The standard InChI is InChI=1S/C13H28N2O3/c1-10(2)15(11(3)4)13(17)8-14(5)7-12(16)9-18-6/h10-12,16H,7-9H2,1-6H3. The molecule has 0 aromatic rings. The Labute approximate surface area is 111 Å². The van der Waals surface area contributed by atoms with E-state index in [1.807, 2.05) is 44.5 Å². The van der Waals surface area contributed by atoms with Gasteiger partial charge in [-0.3, -0.25) is 9.69 Å². The fourth-order valence-corrected chi connectivity index (χ4v) is 2.15. The topological polar surface area (TPSA) is 53.0 Å². The molecule has 108 valence electrons. The first kappa shape index (κ1) is 17.4. The normalized spacial score (nSPS) is 13.4. The number of aliphatic hydroxyl groups is 1.